The summed E-state index contributed by atoms with van der Waals surface area (Å²) in [5.41, 5.74) is -4.28. The summed E-state index contributed by atoms with van der Waals surface area (Å²) in [6.07, 6.45) is -5.78. The van der Waals surface area contributed by atoms with Crippen molar-refractivity contribution in [3.05, 3.63) is 59.2 Å². The van der Waals surface area contributed by atoms with E-state index in [9.17, 15) is 27.6 Å². The topological polar surface area (TPSA) is 109 Å². The van der Waals surface area contributed by atoms with Crippen LogP contribution >= 0.6 is 0 Å². The number of urea groups is 1. The van der Waals surface area contributed by atoms with Crippen molar-refractivity contribution >= 4 is 23.8 Å². The van der Waals surface area contributed by atoms with E-state index in [0.717, 1.165) is 12.1 Å². The fourth-order valence-corrected chi connectivity index (χ4v) is 3.30. The number of halogens is 3. The highest BCUT2D eigenvalue weighted by molar-refractivity contribution is 6.23. The van der Waals surface area contributed by atoms with Crippen LogP contribution in [0.1, 0.15) is 44.4 Å². The van der Waals surface area contributed by atoms with Crippen LogP contribution in [0.5, 0.6) is 5.75 Å². The zero-order chi connectivity index (χ0) is 25.5. The number of benzene rings is 2. The van der Waals surface area contributed by atoms with Gasteiger partial charge in [0.2, 0.25) is 0 Å². The van der Waals surface area contributed by atoms with Crippen LogP contribution in [0.2, 0.25) is 0 Å². The minimum Gasteiger partial charge on any atom is -0.428 e. The molecule has 3 rings (SSSR count). The van der Waals surface area contributed by atoms with Gasteiger partial charge in [-0.3, -0.25) is 4.79 Å². The fraction of sp³-hybridized carbons (Fsp3) is 0.304. The number of ether oxygens (including phenoxy) is 2. The molecule has 1 fully saturated rings. The van der Waals surface area contributed by atoms with E-state index in [2.05, 4.69) is 5.32 Å². The lowest BCUT2D eigenvalue weighted by Gasteiger charge is -2.23. The first-order valence-corrected chi connectivity index (χ1v) is 9.95. The van der Waals surface area contributed by atoms with E-state index in [-0.39, 0.29) is 11.4 Å². The molecule has 1 heterocycles. The molecule has 0 bridgehead atoms. The molecule has 1 aliphatic heterocycles. The zero-order valence-electron chi connectivity index (χ0n) is 18.6. The Morgan fingerprint density at radius 3 is 2.24 bits per heavy atom. The molecule has 178 valence electrons. The first-order chi connectivity index (χ1) is 15.7. The summed E-state index contributed by atoms with van der Waals surface area (Å²) in [6, 6.07) is 8.72. The van der Waals surface area contributed by atoms with Gasteiger partial charge < -0.3 is 14.8 Å². The molecular formula is C23H20F3N3O5. The molecule has 34 heavy (non-hydrogen) atoms. The molecule has 1 N–H and O–H groups in total. The highest BCUT2D eigenvalue weighted by Crippen LogP contribution is 2.37. The molecule has 0 aliphatic carbocycles. The van der Waals surface area contributed by atoms with Crippen molar-refractivity contribution in [1.82, 2.24) is 5.32 Å². The smallest absolute Gasteiger partial charge is 0.428 e. The van der Waals surface area contributed by atoms with Crippen molar-refractivity contribution in [2.75, 3.05) is 4.90 Å². The van der Waals surface area contributed by atoms with Crippen LogP contribution in [0, 0.1) is 11.3 Å². The number of nitrogens with one attached hydrogen (secondary N) is 1. The third-order valence-corrected chi connectivity index (χ3v) is 4.90. The number of alkyl halides is 3. The predicted molar refractivity (Wildman–Crippen MR) is 113 cm³/mol. The van der Waals surface area contributed by atoms with Crippen LogP contribution in [-0.2, 0) is 21.2 Å². The standard InChI is InChI=1S/C23H20F3N3O5/c1-21(2,3)34-20(32)33-16-9-6-14(7-10-16)22(4)18(30)29(19(31)28-22)15-8-5-13(12-27)17(11-15)23(24,25)26/h5-11H,1-4H3,(H,28,31)/t22-/m1/s1. The number of rotatable bonds is 3. The van der Waals surface area contributed by atoms with Crippen molar-refractivity contribution in [1.29, 1.82) is 5.26 Å². The number of carbonyl (C=O) groups is 3. The van der Waals surface area contributed by atoms with E-state index in [1.807, 2.05) is 0 Å². The molecular weight excluding hydrogens is 455 g/mol. The van der Waals surface area contributed by atoms with E-state index in [0.29, 0.717) is 16.5 Å². The van der Waals surface area contributed by atoms with Gasteiger partial charge in [-0.25, -0.2) is 14.5 Å². The van der Waals surface area contributed by atoms with Crippen LogP contribution in [0.4, 0.5) is 28.4 Å². The molecule has 1 saturated heterocycles. The Morgan fingerprint density at radius 1 is 1.09 bits per heavy atom. The third-order valence-electron chi connectivity index (χ3n) is 4.90. The lowest BCUT2D eigenvalue weighted by molar-refractivity contribution is -0.137. The van der Waals surface area contributed by atoms with Crippen molar-refractivity contribution in [3.8, 4) is 11.8 Å². The molecule has 0 spiro atoms. The molecule has 11 heteroatoms. The van der Waals surface area contributed by atoms with Gasteiger partial charge in [-0.05, 0) is 63.6 Å². The average molecular weight is 475 g/mol. The number of anilines is 1. The predicted octanol–water partition coefficient (Wildman–Crippen LogP) is 4.86. The van der Waals surface area contributed by atoms with Crippen LogP contribution in [0.25, 0.3) is 0 Å². The van der Waals surface area contributed by atoms with Gasteiger partial charge in [0.05, 0.1) is 22.9 Å². The number of hydrogen-bond donors (Lipinski definition) is 1. The molecule has 0 unspecified atom stereocenters. The molecule has 0 saturated carbocycles. The van der Waals surface area contributed by atoms with Gasteiger partial charge >= 0.3 is 18.4 Å². The van der Waals surface area contributed by atoms with Gasteiger partial charge in [-0.15, -0.1) is 0 Å². The lowest BCUT2D eigenvalue weighted by atomic mass is 9.92. The van der Waals surface area contributed by atoms with Gasteiger partial charge in [-0.2, -0.15) is 18.4 Å². The summed E-state index contributed by atoms with van der Waals surface area (Å²) in [7, 11) is 0. The van der Waals surface area contributed by atoms with Gasteiger partial charge in [0, 0.05) is 0 Å². The van der Waals surface area contributed by atoms with E-state index < -0.39 is 46.5 Å². The Balaban J connectivity index is 1.88. The monoisotopic (exact) mass is 475 g/mol. The lowest BCUT2D eigenvalue weighted by Crippen LogP contribution is -2.40. The number of nitrogens with zero attached hydrogens (tertiary/aromatic N) is 2. The minimum absolute atomic E-state index is 0.122. The fourth-order valence-electron chi connectivity index (χ4n) is 3.30. The van der Waals surface area contributed by atoms with Crippen LogP contribution in [-0.4, -0.2) is 23.7 Å². The average Bonchev–Trinajstić information content (AvgIpc) is 2.95. The van der Waals surface area contributed by atoms with Crippen molar-refractivity contribution in [2.24, 2.45) is 0 Å². The summed E-state index contributed by atoms with van der Waals surface area (Å²) in [4.78, 5) is 38.2. The zero-order valence-corrected chi connectivity index (χ0v) is 18.6. The van der Waals surface area contributed by atoms with E-state index in [1.165, 1.54) is 37.3 Å². The van der Waals surface area contributed by atoms with Gasteiger partial charge in [0.1, 0.15) is 16.9 Å². The van der Waals surface area contributed by atoms with E-state index in [4.69, 9.17) is 14.7 Å². The Hall–Kier alpha value is -4.07. The second-order valence-corrected chi connectivity index (χ2v) is 8.63. The van der Waals surface area contributed by atoms with Gasteiger partial charge in [-0.1, -0.05) is 12.1 Å². The second kappa shape index (κ2) is 8.37. The largest absolute Gasteiger partial charge is 0.514 e. The first-order valence-electron chi connectivity index (χ1n) is 9.95. The number of amides is 3. The van der Waals surface area contributed by atoms with Crippen molar-refractivity contribution in [2.45, 2.75) is 45.0 Å². The molecule has 1 atom stereocenters. The maximum atomic E-state index is 13.3. The number of carbonyl (C=O) groups excluding carboxylic acids is 3. The Bertz CT molecular complexity index is 1200. The Kier molecular flexibility index (Phi) is 6.05. The quantitative estimate of drug-likeness (QED) is 0.386. The molecule has 3 amide bonds. The highest BCUT2D eigenvalue weighted by Gasteiger charge is 2.50. The van der Waals surface area contributed by atoms with Crippen LogP contribution in [0.15, 0.2) is 42.5 Å². The molecule has 8 nitrogen and oxygen atoms in total. The minimum atomic E-state index is -4.85. The number of imide groups is 1. The van der Waals surface area contributed by atoms with Crippen molar-refractivity contribution in [3.63, 3.8) is 0 Å². The summed E-state index contributed by atoms with van der Waals surface area (Å²) in [5, 5.41) is 11.4. The molecule has 1 aliphatic rings. The third kappa shape index (κ3) is 4.80. The second-order valence-electron chi connectivity index (χ2n) is 8.63. The Morgan fingerprint density at radius 2 is 1.71 bits per heavy atom. The van der Waals surface area contributed by atoms with Crippen LogP contribution < -0.4 is 15.0 Å². The van der Waals surface area contributed by atoms with E-state index >= 15 is 0 Å². The number of nitriles is 1. The molecule has 2 aromatic carbocycles. The van der Waals surface area contributed by atoms with Gasteiger partial charge in [0.25, 0.3) is 5.91 Å². The maximum Gasteiger partial charge on any atom is 0.514 e. The SMILES string of the molecule is CC(C)(C)OC(=O)Oc1ccc([C@@]2(C)NC(=O)N(c3ccc(C#N)c(C(F)(F)F)c3)C2=O)cc1. The van der Waals surface area contributed by atoms with Gasteiger partial charge in [0.15, 0.2) is 0 Å². The van der Waals surface area contributed by atoms with E-state index in [1.54, 1.807) is 20.8 Å². The summed E-state index contributed by atoms with van der Waals surface area (Å²) < 4.78 is 50.1. The molecule has 0 radical (unpaired) electrons. The van der Waals surface area contributed by atoms with Crippen molar-refractivity contribution < 1.29 is 37.0 Å². The first kappa shape index (κ1) is 24.6. The number of hydrogen-bond acceptors (Lipinski definition) is 6. The normalized spacial score (nSPS) is 18.4. The maximum absolute atomic E-state index is 13.3. The summed E-state index contributed by atoms with van der Waals surface area (Å²) in [5.74, 6) is -0.701. The summed E-state index contributed by atoms with van der Waals surface area (Å²) >= 11 is 0. The molecule has 2 aromatic rings. The van der Waals surface area contributed by atoms with Crippen LogP contribution in [0.3, 0.4) is 0 Å². The Labute approximate surface area is 192 Å². The highest BCUT2D eigenvalue weighted by atomic mass is 19.4. The molecule has 0 aromatic heterocycles. The summed E-state index contributed by atoms with van der Waals surface area (Å²) in [6.45, 7) is 6.41.